The summed E-state index contributed by atoms with van der Waals surface area (Å²) in [5, 5.41) is 13.8. The molecule has 12 nitrogen and oxygen atoms in total. The van der Waals surface area contributed by atoms with Crippen LogP contribution in [0, 0.1) is 0 Å². The van der Waals surface area contributed by atoms with E-state index in [2.05, 4.69) is 30.9 Å². The number of halogens is 5. The summed E-state index contributed by atoms with van der Waals surface area (Å²) >= 11 is 0. The lowest BCUT2D eigenvalue weighted by atomic mass is 10.1. The van der Waals surface area contributed by atoms with Gasteiger partial charge in [-0.15, -0.1) is 5.10 Å². The van der Waals surface area contributed by atoms with E-state index >= 15 is 0 Å². The number of pyridine rings is 2. The first-order valence-corrected chi connectivity index (χ1v) is 12.5. The Balaban J connectivity index is 1.38. The van der Waals surface area contributed by atoms with Crippen LogP contribution in [0.1, 0.15) is 52.5 Å². The van der Waals surface area contributed by atoms with Crippen molar-refractivity contribution >= 4 is 11.8 Å². The second kappa shape index (κ2) is 13.8. The topological polar surface area (TPSA) is 170 Å². The molecule has 0 bridgehead atoms. The van der Waals surface area contributed by atoms with E-state index in [0.29, 0.717) is 37.7 Å². The summed E-state index contributed by atoms with van der Waals surface area (Å²) in [4.78, 5) is 31.8. The van der Waals surface area contributed by atoms with E-state index < -0.39 is 29.5 Å². The highest BCUT2D eigenvalue weighted by Gasteiger charge is 2.31. The number of carbonyl (C=O) groups is 2. The number of rotatable bonds is 13. The number of nitrogens with zero attached hydrogens (tertiary/aromatic N) is 6. The van der Waals surface area contributed by atoms with E-state index in [-0.39, 0.29) is 35.6 Å². The Bertz CT molecular complexity index is 1400. The predicted molar refractivity (Wildman–Crippen MR) is 138 cm³/mol. The van der Waals surface area contributed by atoms with Crippen molar-refractivity contribution in [1.29, 1.82) is 0 Å². The zero-order valence-corrected chi connectivity index (χ0v) is 22.4. The fraction of sp³-hybridized carbons (Fsp3) is 0.360. The van der Waals surface area contributed by atoms with Gasteiger partial charge < -0.3 is 21.4 Å². The van der Waals surface area contributed by atoms with Gasteiger partial charge in [0, 0.05) is 69.7 Å². The lowest BCUT2D eigenvalue weighted by Crippen LogP contribution is -2.33. The number of nitrogens with one attached hydrogen (secondary N) is 2. The van der Waals surface area contributed by atoms with Gasteiger partial charge in [0.1, 0.15) is 5.70 Å². The predicted octanol–water partition coefficient (Wildman–Crippen LogP) is 2.20. The average Bonchev–Trinajstić information content (AvgIpc) is 3.41. The van der Waals surface area contributed by atoms with Crippen molar-refractivity contribution in [3.05, 3.63) is 83.0 Å². The summed E-state index contributed by atoms with van der Waals surface area (Å²) in [5.41, 5.74) is 4.94. The standard InChI is InChI=1S/C25H29F5N10O2/c1-24(26,27)18-6-16(8-33-12-18)10-35-22(41)20(31)14-39(32)4-2-3-5-40-15-21(37-38-40)23(42)36-11-17-7-19(13-34-9-17)25(28,29)30/h6-9,12-15H,2-5,10-11,31-32H2,1H3,(H,35,41)(H,36,42)/b20-14-. The number of hydrogen-bond acceptors (Lipinski definition) is 9. The minimum absolute atomic E-state index is 0.0111. The number of aromatic nitrogens is 5. The first-order chi connectivity index (χ1) is 19.7. The van der Waals surface area contributed by atoms with Crippen LogP contribution in [0.5, 0.6) is 0 Å². The van der Waals surface area contributed by atoms with E-state index in [1.54, 1.807) is 0 Å². The largest absolute Gasteiger partial charge is 0.417 e. The molecule has 3 heterocycles. The van der Waals surface area contributed by atoms with Crippen molar-refractivity contribution in [3.63, 3.8) is 0 Å². The minimum atomic E-state index is -4.54. The summed E-state index contributed by atoms with van der Waals surface area (Å²) in [6.07, 6.45) is 3.54. The van der Waals surface area contributed by atoms with Crippen molar-refractivity contribution in [3.8, 4) is 0 Å². The highest BCUT2D eigenvalue weighted by Crippen LogP contribution is 2.29. The third-order valence-electron chi connectivity index (χ3n) is 5.72. The molecular formula is C25H29F5N10O2. The van der Waals surface area contributed by atoms with Gasteiger partial charge in [-0.3, -0.25) is 24.2 Å². The van der Waals surface area contributed by atoms with Gasteiger partial charge in [0.05, 0.1) is 11.8 Å². The Hall–Kier alpha value is -4.67. The average molecular weight is 597 g/mol. The molecule has 17 heteroatoms. The number of hydrogen-bond donors (Lipinski definition) is 4. The van der Waals surface area contributed by atoms with E-state index in [9.17, 15) is 31.5 Å². The zero-order chi connectivity index (χ0) is 30.9. The number of alkyl halides is 5. The smallest absolute Gasteiger partial charge is 0.393 e. The molecule has 2 amide bonds. The van der Waals surface area contributed by atoms with E-state index in [0.717, 1.165) is 19.2 Å². The van der Waals surface area contributed by atoms with E-state index in [4.69, 9.17) is 11.6 Å². The van der Waals surface area contributed by atoms with Gasteiger partial charge in [-0.05, 0) is 36.1 Å². The summed E-state index contributed by atoms with van der Waals surface area (Å²) in [6, 6.07) is 2.14. The molecule has 0 spiro atoms. The van der Waals surface area contributed by atoms with Gasteiger partial charge in [-0.2, -0.15) is 13.2 Å². The Morgan fingerprint density at radius 3 is 2.24 bits per heavy atom. The Kier molecular flexibility index (Phi) is 10.5. The first-order valence-electron chi connectivity index (χ1n) is 12.5. The number of amides is 2. The van der Waals surface area contributed by atoms with Crippen molar-refractivity contribution in [2.24, 2.45) is 11.6 Å². The second-order valence-corrected chi connectivity index (χ2v) is 9.31. The molecule has 226 valence electrons. The monoisotopic (exact) mass is 596 g/mol. The molecule has 42 heavy (non-hydrogen) atoms. The molecule has 0 saturated heterocycles. The number of carbonyl (C=O) groups excluding carboxylic acids is 2. The third-order valence-corrected chi connectivity index (χ3v) is 5.72. The van der Waals surface area contributed by atoms with Gasteiger partial charge in [0.2, 0.25) is 0 Å². The molecule has 0 fully saturated rings. The zero-order valence-electron chi connectivity index (χ0n) is 22.4. The van der Waals surface area contributed by atoms with Crippen molar-refractivity contribution in [1.82, 2.24) is 40.6 Å². The molecule has 0 aliphatic rings. The maximum Gasteiger partial charge on any atom is 0.417 e. The third kappa shape index (κ3) is 9.76. The molecule has 3 aromatic heterocycles. The SMILES string of the molecule is CC(F)(F)c1cncc(CNC(=O)/C(N)=C/N(N)CCCCn2cc(C(=O)NCc3cncc(C(F)(F)F)c3)nn2)c1. The van der Waals surface area contributed by atoms with Crippen molar-refractivity contribution in [2.75, 3.05) is 6.54 Å². The molecule has 0 saturated carbocycles. The molecule has 0 atom stereocenters. The van der Waals surface area contributed by atoms with Crippen molar-refractivity contribution < 1.29 is 31.5 Å². The number of aryl methyl sites for hydroxylation is 1. The molecule has 3 rings (SSSR count). The van der Waals surface area contributed by atoms with Gasteiger partial charge in [-0.1, -0.05) is 5.21 Å². The fourth-order valence-electron chi connectivity index (χ4n) is 3.50. The number of unbranched alkanes of at least 4 members (excludes halogenated alkanes) is 1. The lowest BCUT2D eigenvalue weighted by Gasteiger charge is -2.15. The van der Waals surface area contributed by atoms with E-state index in [1.165, 1.54) is 40.5 Å². The highest BCUT2D eigenvalue weighted by molar-refractivity contribution is 5.92. The van der Waals surface area contributed by atoms with Crippen molar-refractivity contribution in [2.45, 2.75) is 51.5 Å². The maximum atomic E-state index is 13.5. The molecule has 0 aromatic carbocycles. The minimum Gasteiger partial charge on any atom is -0.393 e. The molecule has 0 radical (unpaired) electrons. The molecule has 3 aromatic rings. The van der Waals surface area contributed by atoms with E-state index in [1.807, 2.05) is 0 Å². The van der Waals surface area contributed by atoms with Gasteiger partial charge in [-0.25, -0.2) is 14.6 Å². The van der Waals surface area contributed by atoms with Crippen LogP contribution >= 0.6 is 0 Å². The van der Waals surface area contributed by atoms with Crippen LogP contribution in [0.3, 0.4) is 0 Å². The van der Waals surface area contributed by atoms with Crippen LogP contribution in [0.2, 0.25) is 0 Å². The molecule has 0 unspecified atom stereocenters. The first kappa shape index (κ1) is 31.9. The summed E-state index contributed by atoms with van der Waals surface area (Å²) in [6.45, 7) is 1.22. The summed E-state index contributed by atoms with van der Waals surface area (Å²) in [7, 11) is 0. The Morgan fingerprint density at radius 1 is 0.976 bits per heavy atom. The fourth-order valence-corrected chi connectivity index (χ4v) is 3.50. The van der Waals surface area contributed by atoms with Gasteiger partial charge >= 0.3 is 6.18 Å². The number of nitrogens with two attached hydrogens (primary N) is 2. The molecule has 0 aliphatic heterocycles. The molecule has 0 aliphatic carbocycles. The van der Waals surface area contributed by atoms with Crippen LogP contribution < -0.4 is 22.2 Å². The van der Waals surface area contributed by atoms with Gasteiger partial charge in [0.15, 0.2) is 5.69 Å². The normalized spacial score (nSPS) is 12.2. The summed E-state index contributed by atoms with van der Waals surface area (Å²) in [5.74, 6) is 1.56. The maximum absolute atomic E-state index is 13.5. The summed E-state index contributed by atoms with van der Waals surface area (Å²) < 4.78 is 66.8. The lowest BCUT2D eigenvalue weighted by molar-refractivity contribution is -0.137. The molecular weight excluding hydrogens is 567 g/mol. The van der Waals surface area contributed by atoms with Crippen LogP contribution in [0.15, 0.2) is 55.0 Å². The van der Waals surface area contributed by atoms with Crippen LogP contribution in [-0.2, 0) is 36.5 Å². The van der Waals surface area contributed by atoms with Gasteiger partial charge in [0.25, 0.3) is 17.7 Å². The van der Waals surface area contributed by atoms with Crippen LogP contribution in [-0.4, -0.2) is 48.3 Å². The van der Waals surface area contributed by atoms with Crippen LogP contribution in [0.25, 0.3) is 0 Å². The number of hydrazine groups is 1. The highest BCUT2D eigenvalue weighted by atomic mass is 19.4. The Morgan fingerprint density at radius 2 is 1.60 bits per heavy atom. The quantitative estimate of drug-likeness (QED) is 0.0760. The molecule has 6 N–H and O–H groups in total. The van der Waals surface area contributed by atoms with Crippen LogP contribution in [0.4, 0.5) is 22.0 Å². The second-order valence-electron chi connectivity index (χ2n) is 9.31. The Labute approximate surface area is 236 Å².